The second-order valence-electron chi connectivity index (χ2n) is 4.21. The molecule has 3 N–H and O–H groups in total. The van der Waals surface area contributed by atoms with Crippen molar-refractivity contribution in [2.45, 2.75) is 13.3 Å². The fraction of sp³-hybridized carbons (Fsp3) is 0.417. The lowest BCUT2D eigenvalue weighted by molar-refractivity contribution is -0.118. The fourth-order valence-corrected chi connectivity index (χ4v) is 1.73. The molecule has 4 heteroatoms. The van der Waals surface area contributed by atoms with E-state index in [1.807, 2.05) is 18.2 Å². The Kier molecular flexibility index (Phi) is 3.10. The molecular formula is C12H16N2O2. The Morgan fingerprint density at radius 2 is 2.38 bits per heavy atom. The maximum Gasteiger partial charge on any atom is 0.262 e. The van der Waals surface area contributed by atoms with E-state index in [9.17, 15) is 4.79 Å². The van der Waals surface area contributed by atoms with Gasteiger partial charge in [0.25, 0.3) is 5.91 Å². The summed E-state index contributed by atoms with van der Waals surface area (Å²) in [6.07, 6.45) is 0.932. The first kappa shape index (κ1) is 11.0. The zero-order chi connectivity index (χ0) is 11.5. The number of carbonyl (C=O) groups excluding carboxylic acids is 1. The molecule has 1 heterocycles. The number of ether oxygens (including phenoxy) is 1. The van der Waals surface area contributed by atoms with E-state index in [2.05, 4.69) is 12.2 Å². The predicted molar refractivity (Wildman–Crippen MR) is 62.5 cm³/mol. The van der Waals surface area contributed by atoms with E-state index in [0.717, 1.165) is 17.9 Å². The van der Waals surface area contributed by atoms with Crippen LogP contribution in [0.15, 0.2) is 18.2 Å². The zero-order valence-corrected chi connectivity index (χ0v) is 9.32. The summed E-state index contributed by atoms with van der Waals surface area (Å²) in [5.74, 6) is 1.10. The van der Waals surface area contributed by atoms with Crippen LogP contribution in [-0.4, -0.2) is 19.1 Å². The Bertz CT molecular complexity index is 404. The molecule has 0 aromatic heterocycles. The molecule has 0 saturated heterocycles. The quantitative estimate of drug-likeness (QED) is 0.803. The zero-order valence-electron chi connectivity index (χ0n) is 9.32. The highest BCUT2D eigenvalue weighted by molar-refractivity contribution is 5.95. The molecule has 1 amide bonds. The second-order valence-corrected chi connectivity index (χ2v) is 4.21. The lowest BCUT2D eigenvalue weighted by Crippen LogP contribution is -2.25. The molecule has 2 rings (SSSR count). The van der Waals surface area contributed by atoms with E-state index in [4.69, 9.17) is 10.5 Å². The number of nitrogens with two attached hydrogens (primary N) is 1. The molecule has 0 saturated carbocycles. The number of fused-ring (bicyclic) bond motifs is 1. The van der Waals surface area contributed by atoms with Gasteiger partial charge in [0.05, 0.1) is 5.69 Å². The maximum absolute atomic E-state index is 11.1. The molecular weight excluding hydrogens is 204 g/mol. The first-order valence-corrected chi connectivity index (χ1v) is 5.44. The summed E-state index contributed by atoms with van der Waals surface area (Å²) in [5, 5.41) is 2.77. The van der Waals surface area contributed by atoms with Crippen molar-refractivity contribution in [2.75, 3.05) is 18.5 Å². The molecule has 0 radical (unpaired) electrons. The maximum atomic E-state index is 11.1. The van der Waals surface area contributed by atoms with Crippen molar-refractivity contribution in [3.63, 3.8) is 0 Å². The van der Waals surface area contributed by atoms with E-state index in [-0.39, 0.29) is 12.5 Å². The van der Waals surface area contributed by atoms with Crippen molar-refractivity contribution in [2.24, 2.45) is 11.7 Å². The molecule has 86 valence electrons. The normalized spacial score (nSPS) is 16.0. The number of rotatable bonds is 3. The smallest absolute Gasteiger partial charge is 0.262 e. The second kappa shape index (κ2) is 4.53. The molecule has 1 aromatic rings. The first-order chi connectivity index (χ1) is 7.69. The average Bonchev–Trinajstić information content (AvgIpc) is 2.29. The van der Waals surface area contributed by atoms with Gasteiger partial charge >= 0.3 is 0 Å². The van der Waals surface area contributed by atoms with Crippen molar-refractivity contribution < 1.29 is 9.53 Å². The van der Waals surface area contributed by atoms with Crippen LogP contribution in [0.3, 0.4) is 0 Å². The number of hydrogen-bond donors (Lipinski definition) is 2. The van der Waals surface area contributed by atoms with Crippen LogP contribution in [-0.2, 0) is 11.2 Å². The number of hydrogen-bond acceptors (Lipinski definition) is 3. The number of carbonyl (C=O) groups is 1. The van der Waals surface area contributed by atoms with Crippen LogP contribution in [0.4, 0.5) is 5.69 Å². The van der Waals surface area contributed by atoms with Crippen LogP contribution in [0, 0.1) is 5.92 Å². The van der Waals surface area contributed by atoms with Crippen LogP contribution in [0.5, 0.6) is 5.75 Å². The highest BCUT2D eigenvalue weighted by atomic mass is 16.5. The summed E-state index contributed by atoms with van der Waals surface area (Å²) in [5.41, 5.74) is 7.53. The third-order valence-electron chi connectivity index (χ3n) is 2.67. The SMILES string of the molecule is CC(CN)Cc1ccc2c(c1)OCC(=O)N2. The summed E-state index contributed by atoms with van der Waals surface area (Å²) in [7, 11) is 0. The van der Waals surface area contributed by atoms with E-state index in [0.29, 0.717) is 12.5 Å². The topological polar surface area (TPSA) is 64.3 Å². The fourth-order valence-electron chi connectivity index (χ4n) is 1.73. The van der Waals surface area contributed by atoms with Gasteiger partial charge < -0.3 is 15.8 Å². The molecule has 0 fully saturated rings. The van der Waals surface area contributed by atoms with E-state index in [1.54, 1.807) is 0 Å². The molecule has 1 aromatic carbocycles. The standard InChI is InChI=1S/C12H16N2O2/c1-8(6-13)4-9-2-3-10-11(5-9)16-7-12(15)14-10/h2-3,5,8H,4,6-7,13H2,1H3,(H,14,15). The predicted octanol–water partition coefficient (Wildman–Crippen LogP) is 1.15. The first-order valence-electron chi connectivity index (χ1n) is 5.44. The van der Waals surface area contributed by atoms with E-state index in [1.165, 1.54) is 5.56 Å². The third-order valence-corrected chi connectivity index (χ3v) is 2.67. The third kappa shape index (κ3) is 2.33. The summed E-state index contributed by atoms with van der Waals surface area (Å²) in [4.78, 5) is 11.1. The summed E-state index contributed by atoms with van der Waals surface area (Å²) >= 11 is 0. The Labute approximate surface area is 94.8 Å². The van der Waals surface area contributed by atoms with Gasteiger partial charge in [0, 0.05) is 0 Å². The highest BCUT2D eigenvalue weighted by Crippen LogP contribution is 2.29. The number of benzene rings is 1. The Balaban J connectivity index is 2.16. The van der Waals surface area contributed by atoms with Gasteiger partial charge in [-0.2, -0.15) is 0 Å². The van der Waals surface area contributed by atoms with Crippen molar-refractivity contribution in [3.8, 4) is 5.75 Å². The summed E-state index contributed by atoms with van der Waals surface area (Å²) in [6, 6.07) is 5.85. The van der Waals surface area contributed by atoms with Crippen LogP contribution in [0.25, 0.3) is 0 Å². The van der Waals surface area contributed by atoms with Crippen LogP contribution in [0.2, 0.25) is 0 Å². The molecule has 4 nitrogen and oxygen atoms in total. The van der Waals surface area contributed by atoms with Crippen molar-refractivity contribution in [3.05, 3.63) is 23.8 Å². The van der Waals surface area contributed by atoms with Gasteiger partial charge in [0.2, 0.25) is 0 Å². The van der Waals surface area contributed by atoms with Crippen molar-refractivity contribution in [1.82, 2.24) is 0 Å². The lowest BCUT2D eigenvalue weighted by atomic mass is 10.0. The molecule has 0 aliphatic carbocycles. The van der Waals surface area contributed by atoms with Crippen LogP contribution >= 0.6 is 0 Å². The monoisotopic (exact) mass is 220 g/mol. The van der Waals surface area contributed by atoms with Gasteiger partial charge in [0.1, 0.15) is 5.75 Å². The van der Waals surface area contributed by atoms with Gasteiger partial charge in [-0.3, -0.25) is 4.79 Å². The average molecular weight is 220 g/mol. The number of nitrogens with one attached hydrogen (secondary N) is 1. The van der Waals surface area contributed by atoms with Gasteiger partial charge in [-0.15, -0.1) is 0 Å². The number of amides is 1. The van der Waals surface area contributed by atoms with Crippen molar-refractivity contribution >= 4 is 11.6 Å². The molecule has 1 aliphatic rings. The highest BCUT2D eigenvalue weighted by Gasteiger charge is 2.16. The molecule has 1 atom stereocenters. The molecule has 16 heavy (non-hydrogen) atoms. The summed E-state index contributed by atoms with van der Waals surface area (Å²) < 4.78 is 5.35. The van der Waals surface area contributed by atoms with Gasteiger partial charge in [0.15, 0.2) is 6.61 Å². The lowest BCUT2D eigenvalue weighted by Gasteiger charge is -2.19. The summed E-state index contributed by atoms with van der Waals surface area (Å²) in [6.45, 7) is 2.89. The van der Waals surface area contributed by atoms with Crippen LogP contribution < -0.4 is 15.8 Å². The van der Waals surface area contributed by atoms with E-state index < -0.39 is 0 Å². The van der Waals surface area contributed by atoms with E-state index >= 15 is 0 Å². The van der Waals surface area contributed by atoms with Crippen LogP contribution in [0.1, 0.15) is 12.5 Å². The van der Waals surface area contributed by atoms with Crippen molar-refractivity contribution in [1.29, 1.82) is 0 Å². The Hall–Kier alpha value is -1.55. The largest absolute Gasteiger partial charge is 0.482 e. The van der Waals surface area contributed by atoms with Gasteiger partial charge in [-0.25, -0.2) is 0 Å². The molecule has 0 bridgehead atoms. The molecule has 1 unspecified atom stereocenters. The minimum atomic E-state index is -0.101. The van der Waals surface area contributed by atoms with Gasteiger partial charge in [-0.05, 0) is 36.6 Å². The minimum Gasteiger partial charge on any atom is -0.482 e. The Morgan fingerprint density at radius 3 is 3.12 bits per heavy atom. The van der Waals surface area contributed by atoms with Gasteiger partial charge in [-0.1, -0.05) is 13.0 Å². The molecule has 0 spiro atoms. The minimum absolute atomic E-state index is 0.100. The number of anilines is 1. The Morgan fingerprint density at radius 1 is 1.56 bits per heavy atom. The molecule has 1 aliphatic heterocycles.